The van der Waals surface area contributed by atoms with Crippen LogP contribution in [0.5, 0.6) is 0 Å². The van der Waals surface area contributed by atoms with E-state index in [1.165, 1.54) is 4.90 Å². The van der Waals surface area contributed by atoms with Gasteiger partial charge in [0, 0.05) is 19.0 Å². The van der Waals surface area contributed by atoms with Crippen LogP contribution in [0.15, 0.2) is 18.2 Å². The Morgan fingerprint density at radius 2 is 1.79 bits per heavy atom. The Morgan fingerprint density at radius 1 is 1.17 bits per heavy atom. The van der Waals surface area contributed by atoms with Gasteiger partial charge >= 0.3 is 12.3 Å². The Hall–Kier alpha value is -2.12. The number of Topliss-reactive ketones (excluding diaryl/α,β-unsaturated/α-hetero) is 1. The molecule has 2 rings (SSSR count). The van der Waals surface area contributed by atoms with Crippen molar-refractivity contribution in [3.8, 4) is 0 Å². The minimum absolute atomic E-state index is 0.236. The van der Waals surface area contributed by atoms with Crippen LogP contribution in [-0.4, -0.2) is 35.5 Å². The Morgan fingerprint density at radius 3 is 2.34 bits per heavy atom. The zero-order valence-electron chi connectivity index (χ0n) is 16.9. The lowest BCUT2D eigenvalue weighted by atomic mass is 9.88. The van der Waals surface area contributed by atoms with E-state index in [-0.39, 0.29) is 25.9 Å². The number of hydrogen-bond donors (Lipinski definition) is 0. The van der Waals surface area contributed by atoms with Gasteiger partial charge in [-0.15, -0.1) is 0 Å². The number of ketones is 1. The number of halogens is 4. The van der Waals surface area contributed by atoms with E-state index in [4.69, 9.17) is 4.74 Å². The maximum Gasteiger partial charge on any atom is 0.416 e. The second-order valence-corrected chi connectivity index (χ2v) is 8.05. The van der Waals surface area contributed by atoms with Crippen LogP contribution in [0.25, 0.3) is 0 Å². The number of piperidine rings is 1. The highest BCUT2D eigenvalue weighted by Crippen LogP contribution is 2.32. The molecule has 0 N–H and O–H groups in total. The molecule has 0 saturated carbocycles. The molecule has 0 spiro atoms. The third-order valence-corrected chi connectivity index (χ3v) is 5.18. The minimum Gasteiger partial charge on any atom is -0.443 e. The number of ether oxygens (including phenoxy) is 1. The van der Waals surface area contributed by atoms with Crippen molar-refractivity contribution in [2.45, 2.75) is 64.7 Å². The first-order valence-corrected chi connectivity index (χ1v) is 9.83. The fourth-order valence-electron chi connectivity index (χ4n) is 3.39. The highest BCUT2D eigenvalue weighted by molar-refractivity contribution is 5.98. The normalized spacial score (nSPS) is 16.0. The zero-order chi connectivity index (χ0) is 21.8. The molecule has 1 aliphatic rings. The van der Waals surface area contributed by atoms with Gasteiger partial charge in [0.1, 0.15) is 11.4 Å². The lowest BCUT2D eigenvalue weighted by Gasteiger charge is -2.34. The number of nitrogens with zero attached hydrogens (tertiary/aromatic N) is 1. The summed E-state index contributed by atoms with van der Waals surface area (Å²) in [6, 6.07) is 1.85. The molecule has 1 saturated heterocycles. The number of alkyl halides is 3. The summed E-state index contributed by atoms with van der Waals surface area (Å²) < 4.78 is 58.1. The van der Waals surface area contributed by atoms with E-state index in [9.17, 15) is 27.2 Å². The molecule has 0 aliphatic carbocycles. The summed E-state index contributed by atoms with van der Waals surface area (Å²) in [4.78, 5) is 26.4. The van der Waals surface area contributed by atoms with Gasteiger partial charge in [-0.25, -0.2) is 9.18 Å². The van der Waals surface area contributed by atoms with Crippen molar-refractivity contribution in [1.82, 2.24) is 4.90 Å². The summed E-state index contributed by atoms with van der Waals surface area (Å²) in [6.45, 7) is 6.20. The lowest BCUT2D eigenvalue weighted by molar-refractivity contribution is -0.137. The van der Waals surface area contributed by atoms with Crippen molar-refractivity contribution in [3.63, 3.8) is 0 Å². The minimum atomic E-state index is -4.65. The SMILES string of the molecule is CCCCC(C)(C)OC(=O)N1CCC(C(=O)c2cc(C(F)(F)F)ccc2F)CC1. The van der Waals surface area contributed by atoms with Crippen LogP contribution in [0.1, 0.15) is 68.8 Å². The van der Waals surface area contributed by atoms with Crippen LogP contribution < -0.4 is 0 Å². The molecule has 1 aromatic rings. The van der Waals surface area contributed by atoms with Gasteiger partial charge in [-0.3, -0.25) is 4.79 Å². The molecule has 1 aromatic carbocycles. The second kappa shape index (κ2) is 9.13. The Labute approximate surface area is 168 Å². The van der Waals surface area contributed by atoms with Gasteiger partial charge in [0.25, 0.3) is 0 Å². The number of unbranched alkanes of at least 4 members (excludes halogenated alkanes) is 1. The highest BCUT2D eigenvalue weighted by atomic mass is 19.4. The zero-order valence-corrected chi connectivity index (χ0v) is 16.9. The standard InChI is InChI=1S/C21H27F4NO3/c1-4-5-10-20(2,3)29-19(28)26-11-8-14(9-12-26)18(27)16-13-15(21(23,24)25)6-7-17(16)22/h6-7,13-14H,4-5,8-12H2,1-3H3. The molecule has 1 amide bonds. The van der Waals surface area contributed by atoms with Crippen LogP contribution in [0.4, 0.5) is 22.4 Å². The summed E-state index contributed by atoms with van der Waals surface area (Å²) in [5.41, 5.74) is -2.21. The largest absolute Gasteiger partial charge is 0.443 e. The van der Waals surface area contributed by atoms with Crippen LogP contribution >= 0.6 is 0 Å². The van der Waals surface area contributed by atoms with Gasteiger partial charge in [0.15, 0.2) is 5.78 Å². The third-order valence-electron chi connectivity index (χ3n) is 5.18. The average molecular weight is 417 g/mol. The van der Waals surface area contributed by atoms with Crippen molar-refractivity contribution >= 4 is 11.9 Å². The van der Waals surface area contributed by atoms with Crippen LogP contribution in [0, 0.1) is 11.7 Å². The molecule has 1 aliphatic heterocycles. The molecule has 0 unspecified atom stereocenters. The van der Waals surface area contributed by atoms with Gasteiger partial charge in [-0.2, -0.15) is 13.2 Å². The number of carbonyl (C=O) groups excluding carboxylic acids is 2. The fraction of sp³-hybridized carbons (Fsp3) is 0.619. The molecule has 0 radical (unpaired) electrons. The number of carbonyl (C=O) groups is 2. The molecular formula is C21H27F4NO3. The molecule has 0 atom stereocenters. The Bertz CT molecular complexity index is 738. The summed E-state index contributed by atoms with van der Waals surface area (Å²) in [5, 5.41) is 0. The second-order valence-electron chi connectivity index (χ2n) is 8.05. The lowest BCUT2D eigenvalue weighted by Crippen LogP contribution is -2.43. The van der Waals surface area contributed by atoms with Crippen molar-refractivity contribution < 1.29 is 31.9 Å². The quantitative estimate of drug-likeness (QED) is 0.431. The maximum absolute atomic E-state index is 14.0. The first kappa shape index (κ1) is 23.2. The molecular weight excluding hydrogens is 390 g/mol. The smallest absolute Gasteiger partial charge is 0.416 e. The molecule has 1 heterocycles. The van der Waals surface area contributed by atoms with E-state index in [1.54, 1.807) is 0 Å². The number of rotatable bonds is 6. The summed E-state index contributed by atoms with van der Waals surface area (Å²) in [5.74, 6) is -2.27. The number of likely N-dealkylation sites (tertiary alicyclic amines) is 1. The van der Waals surface area contributed by atoms with E-state index in [0.29, 0.717) is 18.2 Å². The predicted molar refractivity (Wildman–Crippen MR) is 100 cm³/mol. The monoisotopic (exact) mass is 417 g/mol. The van der Waals surface area contributed by atoms with E-state index < -0.39 is 46.5 Å². The van der Waals surface area contributed by atoms with Crippen molar-refractivity contribution in [3.05, 3.63) is 35.1 Å². The molecule has 4 nitrogen and oxygen atoms in total. The van der Waals surface area contributed by atoms with E-state index in [2.05, 4.69) is 0 Å². The number of amides is 1. The van der Waals surface area contributed by atoms with Gasteiger partial charge in [0.2, 0.25) is 0 Å². The molecule has 0 bridgehead atoms. The highest BCUT2D eigenvalue weighted by Gasteiger charge is 2.35. The Kier molecular flexibility index (Phi) is 7.30. The van der Waals surface area contributed by atoms with Crippen molar-refractivity contribution in [2.75, 3.05) is 13.1 Å². The van der Waals surface area contributed by atoms with Crippen molar-refractivity contribution in [1.29, 1.82) is 0 Å². The molecule has 0 aromatic heterocycles. The first-order valence-electron chi connectivity index (χ1n) is 9.83. The van der Waals surface area contributed by atoms with Gasteiger partial charge in [0.05, 0.1) is 11.1 Å². The molecule has 162 valence electrons. The van der Waals surface area contributed by atoms with Gasteiger partial charge < -0.3 is 9.64 Å². The fourth-order valence-corrected chi connectivity index (χ4v) is 3.39. The van der Waals surface area contributed by atoms with E-state index >= 15 is 0 Å². The van der Waals surface area contributed by atoms with Crippen LogP contribution in [0.2, 0.25) is 0 Å². The average Bonchev–Trinajstić information content (AvgIpc) is 2.65. The Balaban J connectivity index is 1.99. The van der Waals surface area contributed by atoms with E-state index in [0.717, 1.165) is 19.3 Å². The number of hydrogen-bond acceptors (Lipinski definition) is 3. The number of benzene rings is 1. The van der Waals surface area contributed by atoms with Crippen LogP contribution in [0.3, 0.4) is 0 Å². The molecule has 29 heavy (non-hydrogen) atoms. The van der Waals surface area contributed by atoms with Gasteiger partial charge in [-0.05, 0) is 57.7 Å². The maximum atomic E-state index is 14.0. The summed E-state index contributed by atoms with van der Waals surface area (Å²) in [6.07, 6.45) is -1.97. The van der Waals surface area contributed by atoms with E-state index in [1.807, 2.05) is 20.8 Å². The first-order chi connectivity index (χ1) is 13.4. The molecule has 1 fully saturated rings. The summed E-state index contributed by atoms with van der Waals surface area (Å²) >= 11 is 0. The topological polar surface area (TPSA) is 46.6 Å². The third kappa shape index (κ3) is 6.18. The van der Waals surface area contributed by atoms with Crippen LogP contribution in [-0.2, 0) is 10.9 Å². The predicted octanol–water partition coefficient (Wildman–Crippen LogP) is 5.84. The summed E-state index contributed by atoms with van der Waals surface area (Å²) in [7, 11) is 0. The van der Waals surface area contributed by atoms with Gasteiger partial charge in [-0.1, -0.05) is 13.3 Å². The van der Waals surface area contributed by atoms with Crippen molar-refractivity contribution in [2.24, 2.45) is 5.92 Å². The molecule has 8 heteroatoms.